The van der Waals surface area contributed by atoms with Crippen LogP contribution in [0.25, 0.3) is 0 Å². The first-order chi connectivity index (χ1) is 8.58. The number of hydrogen-bond donors (Lipinski definition) is 2. The van der Waals surface area contributed by atoms with Gasteiger partial charge in [-0.25, -0.2) is 0 Å². The number of amides is 1. The number of anilines is 1. The molecule has 4 nitrogen and oxygen atoms in total. The summed E-state index contributed by atoms with van der Waals surface area (Å²) in [6.45, 7) is 4.98. The van der Waals surface area contributed by atoms with Crippen LogP contribution in [-0.4, -0.2) is 37.3 Å². The Morgan fingerprint density at radius 3 is 2.50 bits per heavy atom. The van der Waals surface area contributed by atoms with E-state index >= 15 is 0 Å². The number of aliphatic hydroxyl groups is 1. The lowest BCUT2D eigenvalue weighted by molar-refractivity contribution is 0.0934. The van der Waals surface area contributed by atoms with E-state index in [1.54, 1.807) is 0 Å². The van der Waals surface area contributed by atoms with Crippen molar-refractivity contribution >= 4 is 11.6 Å². The highest BCUT2D eigenvalue weighted by atomic mass is 16.3. The Kier molecular flexibility index (Phi) is 5.65. The molecule has 0 aliphatic heterocycles. The minimum absolute atomic E-state index is 0.0134. The van der Waals surface area contributed by atoms with Gasteiger partial charge in [0.2, 0.25) is 0 Å². The van der Waals surface area contributed by atoms with Crippen molar-refractivity contribution in [3.05, 3.63) is 29.8 Å². The number of aliphatic hydroxyl groups excluding tert-OH is 1. The molecule has 2 N–H and O–H groups in total. The van der Waals surface area contributed by atoms with E-state index < -0.39 is 0 Å². The standard InChI is InChI=1S/C14H22N2O2/c1-4-16(3)13-7-5-12(6-8-13)14(18)15-11(2)9-10-17/h5-8,11,17H,4,9-10H2,1-3H3,(H,15,18)/t11-/m1/s1. The van der Waals surface area contributed by atoms with E-state index in [-0.39, 0.29) is 18.6 Å². The molecule has 0 saturated heterocycles. The van der Waals surface area contributed by atoms with Crippen LogP contribution in [0.5, 0.6) is 0 Å². The summed E-state index contributed by atoms with van der Waals surface area (Å²) in [7, 11) is 2.01. The van der Waals surface area contributed by atoms with Gasteiger partial charge in [-0.2, -0.15) is 0 Å². The predicted octanol–water partition coefficient (Wildman–Crippen LogP) is 1.64. The highest BCUT2D eigenvalue weighted by Crippen LogP contribution is 2.13. The first-order valence-corrected chi connectivity index (χ1v) is 6.31. The third-order valence-corrected chi connectivity index (χ3v) is 2.98. The molecule has 1 aromatic carbocycles. The summed E-state index contributed by atoms with van der Waals surface area (Å²) in [5, 5.41) is 11.6. The van der Waals surface area contributed by atoms with Crippen molar-refractivity contribution in [2.24, 2.45) is 0 Å². The lowest BCUT2D eigenvalue weighted by Gasteiger charge is -2.17. The van der Waals surface area contributed by atoms with Crippen LogP contribution in [0.4, 0.5) is 5.69 Å². The molecule has 18 heavy (non-hydrogen) atoms. The van der Waals surface area contributed by atoms with Gasteiger partial charge in [0, 0.05) is 37.5 Å². The van der Waals surface area contributed by atoms with Crippen molar-refractivity contribution in [2.45, 2.75) is 26.3 Å². The molecule has 0 saturated carbocycles. The maximum Gasteiger partial charge on any atom is 0.251 e. The SMILES string of the molecule is CCN(C)c1ccc(C(=O)N[C@H](C)CCO)cc1. The zero-order valence-electron chi connectivity index (χ0n) is 11.3. The highest BCUT2D eigenvalue weighted by molar-refractivity contribution is 5.94. The van der Waals surface area contributed by atoms with Gasteiger partial charge in [-0.05, 0) is 44.5 Å². The molecule has 4 heteroatoms. The smallest absolute Gasteiger partial charge is 0.251 e. The molecule has 1 rings (SSSR count). The van der Waals surface area contributed by atoms with Crippen LogP contribution in [0, 0.1) is 0 Å². The van der Waals surface area contributed by atoms with Gasteiger partial charge in [-0.3, -0.25) is 4.79 Å². The molecule has 0 spiro atoms. The Labute approximate surface area is 109 Å². The van der Waals surface area contributed by atoms with Crippen LogP contribution >= 0.6 is 0 Å². The summed E-state index contributed by atoms with van der Waals surface area (Å²) in [6.07, 6.45) is 0.572. The van der Waals surface area contributed by atoms with Crippen molar-refractivity contribution < 1.29 is 9.90 Å². The van der Waals surface area contributed by atoms with Crippen molar-refractivity contribution in [1.29, 1.82) is 0 Å². The van der Waals surface area contributed by atoms with E-state index in [4.69, 9.17) is 5.11 Å². The van der Waals surface area contributed by atoms with Gasteiger partial charge in [0.05, 0.1) is 0 Å². The molecule has 1 aromatic rings. The number of carbonyl (C=O) groups excluding carboxylic acids is 1. The fourth-order valence-corrected chi connectivity index (χ4v) is 1.62. The zero-order valence-corrected chi connectivity index (χ0v) is 11.3. The van der Waals surface area contributed by atoms with E-state index in [9.17, 15) is 4.79 Å². The Hall–Kier alpha value is -1.55. The van der Waals surface area contributed by atoms with E-state index in [1.165, 1.54) is 0 Å². The Balaban J connectivity index is 2.64. The summed E-state index contributed by atoms with van der Waals surface area (Å²) in [5.41, 5.74) is 1.74. The van der Waals surface area contributed by atoms with Gasteiger partial charge in [0.15, 0.2) is 0 Å². The number of nitrogens with one attached hydrogen (secondary N) is 1. The highest BCUT2D eigenvalue weighted by Gasteiger charge is 2.09. The molecule has 0 aliphatic rings. The van der Waals surface area contributed by atoms with Gasteiger partial charge in [0.1, 0.15) is 0 Å². The van der Waals surface area contributed by atoms with Crippen molar-refractivity contribution in [3.8, 4) is 0 Å². The lowest BCUT2D eigenvalue weighted by atomic mass is 10.1. The van der Waals surface area contributed by atoms with Gasteiger partial charge in [0.25, 0.3) is 5.91 Å². The Bertz CT molecular complexity index is 376. The lowest BCUT2D eigenvalue weighted by Crippen LogP contribution is -2.33. The Morgan fingerprint density at radius 1 is 1.39 bits per heavy atom. The largest absolute Gasteiger partial charge is 0.396 e. The summed E-state index contributed by atoms with van der Waals surface area (Å²) in [5.74, 6) is -0.0957. The fraction of sp³-hybridized carbons (Fsp3) is 0.500. The topological polar surface area (TPSA) is 52.6 Å². The van der Waals surface area contributed by atoms with Gasteiger partial charge >= 0.3 is 0 Å². The van der Waals surface area contributed by atoms with Gasteiger partial charge < -0.3 is 15.3 Å². The maximum atomic E-state index is 11.9. The number of rotatable bonds is 6. The average molecular weight is 250 g/mol. The molecule has 0 unspecified atom stereocenters. The number of carbonyl (C=O) groups is 1. The first-order valence-electron chi connectivity index (χ1n) is 6.31. The monoisotopic (exact) mass is 250 g/mol. The quantitative estimate of drug-likeness (QED) is 0.807. The molecule has 0 bridgehead atoms. The molecule has 0 aliphatic carbocycles. The van der Waals surface area contributed by atoms with E-state index in [2.05, 4.69) is 17.1 Å². The van der Waals surface area contributed by atoms with Crippen LogP contribution in [0.2, 0.25) is 0 Å². The minimum Gasteiger partial charge on any atom is -0.396 e. The summed E-state index contributed by atoms with van der Waals surface area (Å²) < 4.78 is 0. The third kappa shape index (κ3) is 4.04. The minimum atomic E-state index is -0.0957. The van der Waals surface area contributed by atoms with Crippen LogP contribution in [0.15, 0.2) is 24.3 Å². The van der Waals surface area contributed by atoms with Crippen molar-refractivity contribution in [3.63, 3.8) is 0 Å². The fourth-order valence-electron chi connectivity index (χ4n) is 1.62. The average Bonchev–Trinajstić information content (AvgIpc) is 2.38. The Morgan fingerprint density at radius 2 is 2.00 bits per heavy atom. The molecule has 1 amide bonds. The molecule has 0 fully saturated rings. The number of hydrogen-bond acceptors (Lipinski definition) is 3. The maximum absolute atomic E-state index is 11.9. The second-order valence-electron chi connectivity index (χ2n) is 4.45. The van der Waals surface area contributed by atoms with Crippen LogP contribution < -0.4 is 10.2 Å². The van der Waals surface area contributed by atoms with E-state index in [0.717, 1.165) is 12.2 Å². The summed E-state index contributed by atoms with van der Waals surface area (Å²) >= 11 is 0. The second-order valence-corrected chi connectivity index (χ2v) is 4.45. The van der Waals surface area contributed by atoms with Gasteiger partial charge in [-0.1, -0.05) is 0 Å². The van der Waals surface area contributed by atoms with Gasteiger partial charge in [-0.15, -0.1) is 0 Å². The van der Waals surface area contributed by atoms with E-state index in [0.29, 0.717) is 12.0 Å². The first kappa shape index (κ1) is 14.5. The third-order valence-electron chi connectivity index (χ3n) is 2.98. The van der Waals surface area contributed by atoms with E-state index in [1.807, 2.05) is 38.2 Å². The summed E-state index contributed by atoms with van der Waals surface area (Å²) in [6, 6.07) is 7.51. The normalized spacial score (nSPS) is 12.0. The molecule has 100 valence electrons. The van der Waals surface area contributed by atoms with Crippen LogP contribution in [-0.2, 0) is 0 Å². The number of nitrogens with zero attached hydrogens (tertiary/aromatic N) is 1. The zero-order chi connectivity index (χ0) is 13.5. The van der Waals surface area contributed by atoms with Crippen LogP contribution in [0.3, 0.4) is 0 Å². The molecule has 0 heterocycles. The molecule has 0 radical (unpaired) electrons. The predicted molar refractivity (Wildman–Crippen MR) is 74.0 cm³/mol. The molecule has 1 atom stereocenters. The second kappa shape index (κ2) is 7.01. The number of benzene rings is 1. The molecular weight excluding hydrogens is 228 g/mol. The van der Waals surface area contributed by atoms with Crippen LogP contribution in [0.1, 0.15) is 30.6 Å². The van der Waals surface area contributed by atoms with Crippen molar-refractivity contribution in [2.75, 3.05) is 25.1 Å². The molecular formula is C14H22N2O2. The van der Waals surface area contributed by atoms with Crippen molar-refractivity contribution in [1.82, 2.24) is 5.32 Å². The summed E-state index contributed by atoms with van der Waals surface area (Å²) in [4.78, 5) is 14.0. The molecule has 0 aromatic heterocycles.